The predicted octanol–water partition coefficient (Wildman–Crippen LogP) is 4.46. The highest BCUT2D eigenvalue weighted by molar-refractivity contribution is 7.92. The molecule has 1 atom stereocenters. The molecule has 174 valence electrons. The van der Waals surface area contributed by atoms with E-state index in [0.717, 1.165) is 18.9 Å². The molecule has 0 bridgehead atoms. The summed E-state index contributed by atoms with van der Waals surface area (Å²) in [6.45, 7) is 0.752. The minimum atomic E-state index is -4.74. The lowest BCUT2D eigenvalue weighted by Gasteiger charge is -2.24. The number of nitrogens with one attached hydrogen (secondary N) is 1. The van der Waals surface area contributed by atoms with Crippen LogP contribution in [0.15, 0.2) is 35.4 Å². The molecule has 1 aromatic carbocycles. The van der Waals surface area contributed by atoms with Crippen LogP contribution in [-0.4, -0.2) is 50.5 Å². The topological polar surface area (TPSA) is 88.6 Å². The van der Waals surface area contributed by atoms with Crippen LogP contribution in [0.5, 0.6) is 0 Å². The average molecular weight is 512 g/mol. The molecule has 2 aromatic rings. The monoisotopic (exact) mass is 511 g/mol. The first kappa shape index (κ1) is 24.6. The van der Waals surface area contributed by atoms with Crippen molar-refractivity contribution in [3.05, 3.63) is 51.8 Å². The van der Waals surface area contributed by atoms with E-state index in [9.17, 15) is 26.4 Å². The molecular formula is C19H18Cl2F3N3O4S. The number of aromatic nitrogens is 1. The molecule has 0 radical (unpaired) electrons. The molecule has 1 aliphatic heterocycles. The maximum Gasteiger partial charge on any atom is 0.417 e. The van der Waals surface area contributed by atoms with Crippen LogP contribution in [-0.2, 0) is 20.9 Å². The second-order valence-corrected chi connectivity index (χ2v) is 9.57. The Morgan fingerprint density at radius 2 is 2.03 bits per heavy atom. The largest absolute Gasteiger partial charge is 0.417 e. The van der Waals surface area contributed by atoms with Crippen molar-refractivity contribution >= 4 is 44.8 Å². The van der Waals surface area contributed by atoms with E-state index < -0.39 is 37.6 Å². The Bertz CT molecular complexity index is 1130. The van der Waals surface area contributed by atoms with Gasteiger partial charge in [-0.15, -0.1) is 0 Å². The van der Waals surface area contributed by atoms with Gasteiger partial charge in [0.15, 0.2) is 5.69 Å². The number of sulfonamides is 1. The highest BCUT2D eigenvalue weighted by atomic mass is 35.5. The molecule has 13 heteroatoms. The van der Waals surface area contributed by atoms with Crippen molar-refractivity contribution in [1.29, 1.82) is 0 Å². The molecule has 1 N–H and O–H groups in total. The third-order valence-corrected chi connectivity index (χ3v) is 6.74. The number of likely N-dealkylation sites (tertiary alicyclic amines) is 1. The average Bonchev–Trinajstić information content (AvgIpc) is 3.15. The molecule has 0 saturated carbocycles. The van der Waals surface area contributed by atoms with E-state index >= 15 is 0 Å². The lowest BCUT2D eigenvalue weighted by molar-refractivity contribution is -0.137. The number of hydrogen-bond donors (Lipinski definition) is 1. The number of anilines is 1. The number of nitrogens with zero attached hydrogens (tertiary/aromatic N) is 2. The number of methoxy groups -OCH3 is 1. The van der Waals surface area contributed by atoms with Gasteiger partial charge in [0, 0.05) is 19.9 Å². The predicted molar refractivity (Wildman–Crippen MR) is 112 cm³/mol. The van der Waals surface area contributed by atoms with Crippen molar-refractivity contribution in [2.24, 2.45) is 0 Å². The lowest BCUT2D eigenvalue weighted by Crippen LogP contribution is -2.39. The SMILES string of the molecule is COC[C@@H]1CCCN1C(=O)c1ncc(Cl)cc1NS(=O)(=O)c1ccc(C(F)(F)F)c(Cl)c1. The van der Waals surface area contributed by atoms with Crippen LogP contribution in [0.2, 0.25) is 10.0 Å². The van der Waals surface area contributed by atoms with Gasteiger partial charge in [0.2, 0.25) is 0 Å². The Kier molecular flexibility index (Phi) is 7.23. The first-order valence-electron chi connectivity index (χ1n) is 9.29. The molecule has 0 spiro atoms. The molecule has 32 heavy (non-hydrogen) atoms. The normalized spacial score (nSPS) is 16.9. The second-order valence-electron chi connectivity index (χ2n) is 7.04. The molecule has 2 heterocycles. The van der Waals surface area contributed by atoms with E-state index in [4.69, 9.17) is 27.9 Å². The van der Waals surface area contributed by atoms with Gasteiger partial charge in [-0.25, -0.2) is 13.4 Å². The minimum absolute atomic E-state index is 0.0552. The van der Waals surface area contributed by atoms with Crippen molar-refractivity contribution in [2.45, 2.75) is 30.0 Å². The number of rotatable bonds is 6. The fraction of sp³-hybridized carbons (Fsp3) is 0.368. The number of ether oxygens (including phenoxy) is 1. The van der Waals surface area contributed by atoms with Crippen LogP contribution in [0.1, 0.15) is 28.9 Å². The lowest BCUT2D eigenvalue weighted by atomic mass is 10.2. The number of amides is 1. The number of alkyl halides is 3. The second kappa shape index (κ2) is 9.42. The summed E-state index contributed by atoms with van der Waals surface area (Å²) in [5.74, 6) is -0.524. The summed E-state index contributed by atoms with van der Waals surface area (Å²) < 4.78 is 71.7. The number of pyridine rings is 1. The number of halogens is 5. The van der Waals surface area contributed by atoms with Crippen molar-refractivity contribution in [2.75, 3.05) is 25.0 Å². The van der Waals surface area contributed by atoms with Gasteiger partial charge in [0.05, 0.1) is 38.8 Å². The van der Waals surface area contributed by atoms with Crippen LogP contribution in [0.4, 0.5) is 18.9 Å². The standard InChI is InChI=1S/C19H18Cl2F3N3O4S/c1-31-10-12-3-2-6-27(12)18(28)17-16(7-11(20)9-25-17)26-32(29,30)13-4-5-14(15(21)8-13)19(22,23)24/h4-5,7-9,12,26H,2-3,6,10H2,1H3/t12-/m0/s1. The number of carbonyl (C=O) groups is 1. The zero-order valence-electron chi connectivity index (χ0n) is 16.6. The van der Waals surface area contributed by atoms with Crippen molar-refractivity contribution in [1.82, 2.24) is 9.88 Å². The third-order valence-electron chi connectivity index (χ3n) is 4.85. The number of hydrogen-bond acceptors (Lipinski definition) is 5. The Morgan fingerprint density at radius 1 is 1.31 bits per heavy atom. The first-order valence-corrected chi connectivity index (χ1v) is 11.5. The fourth-order valence-corrected chi connectivity index (χ4v) is 4.98. The van der Waals surface area contributed by atoms with Crippen LogP contribution in [0.25, 0.3) is 0 Å². The van der Waals surface area contributed by atoms with Crippen molar-refractivity contribution in [3.8, 4) is 0 Å². The van der Waals surface area contributed by atoms with Crippen molar-refractivity contribution < 1.29 is 31.1 Å². The fourth-order valence-electron chi connectivity index (χ4n) is 3.39. The van der Waals surface area contributed by atoms with Crippen LogP contribution in [0.3, 0.4) is 0 Å². The Balaban J connectivity index is 1.94. The molecule has 0 unspecified atom stereocenters. The Hall–Kier alpha value is -2.08. The molecular weight excluding hydrogens is 494 g/mol. The Labute approximate surface area is 192 Å². The molecule has 1 amide bonds. The molecule has 1 fully saturated rings. The van der Waals surface area contributed by atoms with Crippen LogP contribution in [0, 0.1) is 0 Å². The quantitative estimate of drug-likeness (QED) is 0.618. The van der Waals surface area contributed by atoms with Gasteiger partial charge in [0.25, 0.3) is 15.9 Å². The summed E-state index contributed by atoms with van der Waals surface area (Å²) in [7, 11) is -2.90. The minimum Gasteiger partial charge on any atom is -0.383 e. The maximum absolute atomic E-state index is 13.1. The number of benzene rings is 1. The third kappa shape index (κ3) is 5.28. The zero-order valence-corrected chi connectivity index (χ0v) is 18.9. The van der Waals surface area contributed by atoms with Crippen LogP contribution < -0.4 is 4.72 Å². The van der Waals surface area contributed by atoms with Gasteiger partial charge in [-0.3, -0.25) is 9.52 Å². The molecule has 1 saturated heterocycles. The van der Waals surface area contributed by atoms with Gasteiger partial charge < -0.3 is 9.64 Å². The van der Waals surface area contributed by atoms with Crippen molar-refractivity contribution in [3.63, 3.8) is 0 Å². The summed E-state index contributed by atoms with van der Waals surface area (Å²) in [6, 6.07) is 3.03. The molecule has 0 aliphatic carbocycles. The molecule has 1 aliphatic rings. The summed E-state index contributed by atoms with van der Waals surface area (Å²) in [5, 5.41) is -0.722. The van der Waals surface area contributed by atoms with E-state index in [0.29, 0.717) is 25.3 Å². The van der Waals surface area contributed by atoms with E-state index in [1.165, 1.54) is 24.3 Å². The van der Waals surface area contributed by atoms with Gasteiger partial charge in [0.1, 0.15) is 0 Å². The van der Waals surface area contributed by atoms with Gasteiger partial charge in [-0.1, -0.05) is 23.2 Å². The molecule has 1 aromatic heterocycles. The van der Waals surface area contributed by atoms with E-state index in [1.807, 2.05) is 0 Å². The van der Waals surface area contributed by atoms with Gasteiger partial charge >= 0.3 is 6.18 Å². The van der Waals surface area contributed by atoms with E-state index in [1.54, 1.807) is 0 Å². The summed E-state index contributed by atoms with van der Waals surface area (Å²) in [4.78, 5) is 18.1. The maximum atomic E-state index is 13.1. The summed E-state index contributed by atoms with van der Waals surface area (Å²) >= 11 is 11.6. The van der Waals surface area contributed by atoms with Gasteiger partial charge in [-0.2, -0.15) is 13.2 Å². The highest BCUT2D eigenvalue weighted by Crippen LogP contribution is 2.36. The van der Waals surface area contributed by atoms with E-state index in [-0.39, 0.29) is 22.4 Å². The van der Waals surface area contributed by atoms with E-state index in [2.05, 4.69) is 9.71 Å². The Morgan fingerprint density at radius 3 is 2.66 bits per heavy atom. The highest BCUT2D eigenvalue weighted by Gasteiger charge is 2.35. The molecule has 3 rings (SSSR count). The summed E-state index contributed by atoms with van der Waals surface area (Å²) in [5.41, 5.74) is -1.57. The zero-order chi connectivity index (χ0) is 23.7. The smallest absolute Gasteiger partial charge is 0.383 e. The number of carbonyl (C=O) groups excluding carboxylic acids is 1. The summed E-state index contributed by atoms with van der Waals surface area (Å²) in [6.07, 6.45) is -2.07. The first-order chi connectivity index (χ1) is 14.9. The van der Waals surface area contributed by atoms with Crippen LogP contribution >= 0.6 is 23.2 Å². The van der Waals surface area contributed by atoms with Gasteiger partial charge in [-0.05, 0) is 37.1 Å². The molecule has 7 nitrogen and oxygen atoms in total.